The van der Waals surface area contributed by atoms with E-state index in [1.54, 1.807) is 11.3 Å². The van der Waals surface area contributed by atoms with Crippen LogP contribution in [0.25, 0.3) is 10.1 Å². The van der Waals surface area contributed by atoms with Crippen LogP contribution in [0.15, 0.2) is 23.6 Å². The molecule has 2 rings (SSSR count). The first-order chi connectivity index (χ1) is 6.18. The van der Waals surface area contributed by atoms with Crippen molar-refractivity contribution in [1.29, 1.82) is 0 Å². The smallest absolute Gasteiger partial charge is 0.0346 e. The van der Waals surface area contributed by atoms with Crippen LogP contribution in [-0.4, -0.2) is 0 Å². The summed E-state index contributed by atoms with van der Waals surface area (Å²) in [7, 11) is 0. The number of aryl methyl sites for hydroxylation is 1. The van der Waals surface area contributed by atoms with Gasteiger partial charge in [-0.15, -0.1) is 11.3 Å². The predicted octanol–water partition coefficient (Wildman–Crippen LogP) is 3.23. The van der Waals surface area contributed by atoms with Gasteiger partial charge in [-0.05, 0) is 36.2 Å². The van der Waals surface area contributed by atoms with E-state index in [4.69, 9.17) is 5.73 Å². The van der Waals surface area contributed by atoms with Crippen LogP contribution in [0.3, 0.4) is 0 Å². The van der Waals surface area contributed by atoms with Crippen LogP contribution in [0.5, 0.6) is 0 Å². The molecule has 1 aromatic carbocycles. The van der Waals surface area contributed by atoms with Crippen molar-refractivity contribution in [3.63, 3.8) is 0 Å². The fourth-order valence-electron chi connectivity index (χ4n) is 1.52. The maximum Gasteiger partial charge on any atom is 0.0346 e. The van der Waals surface area contributed by atoms with Crippen molar-refractivity contribution < 1.29 is 0 Å². The highest BCUT2D eigenvalue weighted by Gasteiger charge is 2.06. The van der Waals surface area contributed by atoms with Gasteiger partial charge in [0.1, 0.15) is 0 Å². The van der Waals surface area contributed by atoms with E-state index in [0.29, 0.717) is 0 Å². The fourth-order valence-corrected chi connectivity index (χ4v) is 2.56. The lowest BCUT2D eigenvalue weighted by Gasteiger charge is -2.03. The molecule has 1 unspecified atom stereocenters. The molecule has 0 aliphatic carbocycles. The summed E-state index contributed by atoms with van der Waals surface area (Å²) < 4.78 is 1.33. The summed E-state index contributed by atoms with van der Waals surface area (Å²) in [6.45, 7) is 4.14. The second-order valence-corrected chi connectivity index (χ2v) is 4.39. The van der Waals surface area contributed by atoms with Crippen molar-refractivity contribution in [2.45, 2.75) is 19.9 Å². The second kappa shape index (κ2) is 3.13. The molecule has 0 saturated heterocycles. The molecule has 13 heavy (non-hydrogen) atoms. The van der Waals surface area contributed by atoms with Crippen LogP contribution in [0, 0.1) is 6.92 Å². The maximum absolute atomic E-state index is 5.88. The Balaban J connectivity index is 2.71. The average Bonchev–Trinajstić information content (AvgIpc) is 2.46. The van der Waals surface area contributed by atoms with Gasteiger partial charge in [-0.25, -0.2) is 0 Å². The van der Waals surface area contributed by atoms with Gasteiger partial charge in [-0.2, -0.15) is 0 Å². The molecule has 0 amide bonds. The van der Waals surface area contributed by atoms with E-state index < -0.39 is 0 Å². The summed E-state index contributed by atoms with van der Waals surface area (Å²) in [6.07, 6.45) is 0. The molecule has 0 aliphatic rings. The third-order valence-corrected chi connectivity index (χ3v) is 3.23. The van der Waals surface area contributed by atoms with E-state index in [0.717, 1.165) is 0 Å². The van der Waals surface area contributed by atoms with Gasteiger partial charge in [0.25, 0.3) is 0 Å². The Kier molecular flexibility index (Phi) is 2.10. The van der Waals surface area contributed by atoms with E-state index in [1.807, 2.05) is 6.92 Å². The zero-order chi connectivity index (χ0) is 9.42. The van der Waals surface area contributed by atoms with Crippen LogP contribution in [-0.2, 0) is 0 Å². The summed E-state index contributed by atoms with van der Waals surface area (Å²) in [5.41, 5.74) is 8.45. The third kappa shape index (κ3) is 1.47. The largest absolute Gasteiger partial charge is 0.324 e. The summed E-state index contributed by atoms with van der Waals surface area (Å²) >= 11 is 1.77. The number of hydrogen-bond donors (Lipinski definition) is 1. The minimum atomic E-state index is 0.135. The van der Waals surface area contributed by atoms with E-state index in [9.17, 15) is 0 Å². The van der Waals surface area contributed by atoms with E-state index in [-0.39, 0.29) is 6.04 Å². The maximum atomic E-state index is 5.88. The molecule has 68 valence electrons. The number of fused-ring (bicyclic) bond motifs is 1. The molecule has 0 spiro atoms. The highest BCUT2D eigenvalue weighted by Crippen LogP contribution is 2.29. The SMILES string of the molecule is Cc1ccc2scc(C(C)N)c2c1. The molecule has 1 atom stereocenters. The quantitative estimate of drug-likeness (QED) is 0.735. The topological polar surface area (TPSA) is 26.0 Å². The Labute approximate surface area is 82.2 Å². The lowest BCUT2D eigenvalue weighted by atomic mass is 10.1. The number of hydrogen-bond acceptors (Lipinski definition) is 2. The van der Waals surface area contributed by atoms with Gasteiger partial charge < -0.3 is 5.73 Å². The first kappa shape index (κ1) is 8.73. The van der Waals surface area contributed by atoms with Gasteiger partial charge in [-0.1, -0.05) is 17.7 Å². The summed E-state index contributed by atoms with van der Waals surface area (Å²) in [6, 6.07) is 6.66. The lowest BCUT2D eigenvalue weighted by Crippen LogP contribution is -2.03. The van der Waals surface area contributed by atoms with Crippen molar-refractivity contribution in [3.05, 3.63) is 34.7 Å². The van der Waals surface area contributed by atoms with Crippen LogP contribution in [0.2, 0.25) is 0 Å². The van der Waals surface area contributed by atoms with Crippen LogP contribution in [0.1, 0.15) is 24.1 Å². The first-order valence-corrected chi connectivity index (χ1v) is 5.30. The van der Waals surface area contributed by atoms with Gasteiger partial charge in [-0.3, -0.25) is 0 Å². The van der Waals surface area contributed by atoms with Crippen molar-refractivity contribution in [2.24, 2.45) is 5.73 Å². The van der Waals surface area contributed by atoms with Gasteiger partial charge >= 0.3 is 0 Å². The fraction of sp³-hybridized carbons (Fsp3) is 0.273. The van der Waals surface area contributed by atoms with E-state index in [2.05, 4.69) is 30.5 Å². The molecular formula is C11H13NS. The number of benzene rings is 1. The van der Waals surface area contributed by atoms with Gasteiger partial charge in [0.2, 0.25) is 0 Å². The molecule has 1 aromatic heterocycles. The number of nitrogens with two attached hydrogens (primary N) is 1. The number of thiophene rings is 1. The Hall–Kier alpha value is -0.860. The van der Waals surface area contributed by atoms with Gasteiger partial charge in [0.05, 0.1) is 0 Å². The van der Waals surface area contributed by atoms with Crippen molar-refractivity contribution in [1.82, 2.24) is 0 Å². The zero-order valence-corrected chi connectivity index (χ0v) is 8.69. The lowest BCUT2D eigenvalue weighted by molar-refractivity contribution is 0.830. The Morgan fingerprint density at radius 3 is 2.85 bits per heavy atom. The molecule has 2 aromatic rings. The van der Waals surface area contributed by atoms with Crippen molar-refractivity contribution in [3.8, 4) is 0 Å². The molecule has 2 heteroatoms. The summed E-state index contributed by atoms with van der Waals surface area (Å²) in [4.78, 5) is 0. The highest BCUT2D eigenvalue weighted by molar-refractivity contribution is 7.17. The summed E-state index contributed by atoms with van der Waals surface area (Å²) in [5.74, 6) is 0. The molecule has 1 nitrogen and oxygen atoms in total. The summed E-state index contributed by atoms with van der Waals surface area (Å²) in [5, 5.41) is 3.48. The predicted molar refractivity (Wildman–Crippen MR) is 59.2 cm³/mol. The Morgan fingerprint density at radius 1 is 1.38 bits per heavy atom. The Morgan fingerprint density at radius 2 is 2.15 bits per heavy atom. The van der Waals surface area contributed by atoms with E-state index >= 15 is 0 Å². The third-order valence-electron chi connectivity index (χ3n) is 2.25. The van der Waals surface area contributed by atoms with Gasteiger partial charge in [0, 0.05) is 10.7 Å². The normalized spacial score (nSPS) is 13.5. The molecule has 2 N–H and O–H groups in total. The molecule has 1 heterocycles. The molecular weight excluding hydrogens is 178 g/mol. The zero-order valence-electron chi connectivity index (χ0n) is 7.87. The molecule has 0 radical (unpaired) electrons. The average molecular weight is 191 g/mol. The van der Waals surface area contributed by atoms with Crippen molar-refractivity contribution >= 4 is 21.4 Å². The number of rotatable bonds is 1. The molecule has 0 bridgehead atoms. The molecule has 0 aliphatic heterocycles. The second-order valence-electron chi connectivity index (χ2n) is 3.48. The Bertz CT molecular complexity index is 429. The van der Waals surface area contributed by atoms with Crippen LogP contribution in [0.4, 0.5) is 0 Å². The standard InChI is InChI=1S/C11H13NS/c1-7-3-4-11-9(5-7)10(6-13-11)8(2)12/h3-6,8H,12H2,1-2H3. The van der Waals surface area contributed by atoms with Crippen LogP contribution < -0.4 is 5.73 Å². The minimum Gasteiger partial charge on any atom is -0.324 e. The first-order valence-electron chi connectivity index (χ1n) is 4.42. The van der Waals surface area contributed by atoms with Crippen molar-refractivity contribution in [2.75, 3.05) is 0 Å². The molecule has 0 fully saturated rings. The minimum absolute atomic E-state index is 0.135. The van der Waals surface area contributed by atoms with Crippen LogP contribution >= 0.6 is 11.3 Å². The highest BCUT2D eigenvalue weighted by atomic mass is 32.1. The van der Waals surface area contributed by atoms with E-state index in [1.165, 1.54) is 21.2 Å². The molecule has 0 saturated carbocycles. The van der Waals surface area contributed by atoms with Gasteiger partial charge in [0.15, 0.2) is 0 Å². The monoisotopic (exact) mass is 191 g/mol.